The van der Waals surface area contributed by atoms with Crippen molar-refractivity contribution in [2.75, 3.05) is 19.6 Å². The molecule has 31 heavy (non-hydrogen) atoms. The molecule has 0 spiro atoms. The molecule has 4 nitrogen and oxygen atoms in total. The molecule has 0 aromatic carbocycles. The first-order chi connectivity index (χ1) is 15.0. The maximum atomic E-state index is 12.2. The van der Waals surface area contributed by atoms with Crippen LogP contribution in [0.4, 0.5) is 0 Å². The number of ether oxygens (including phenoxy) is 1. The fourth-order valence-corrected chi connectivity index (χ4v) is 5.81. The molecular formula is C26H42N2O2S. The topological polar surface area (TPSA) is 32.8 Å². The van der Waals surface area contributed by atoms with Gasteiger partial charge in [-0.1, -0.05) is 42.0 Å². The number of rotatable bonds is 11. The summed E-state index contributed by atoms with van der Waals surface area (Å²) in [5, 5.41) is 2.24. The van der Waals surface area contributed by atoms with Gasteiger partial charge in [0.1, 0.15) is 5.76 Å². The Morgan fingerprint density at radius 2 is 2.06 bits per heavy atom. The molecule has 0 bridgehead atoms. The maximum absolute atomic E-state index is 12.2. The molecule has 3 rings (SSSR count). The van der Waals surface area contributed by atoms with Crippen LogP contribution in [-0.2, 0) is 9.53 Å². The molecule has 0 aromatic rings. The van der Waals surface area contributed by atoms with Crippen molar-refractivity contribution in [3.05, 3.63) is 35.0 Å². The van der Waals surface area contributed by atoms with Crippen LogP contribution in [0.5, 0.6) is 0 Å². The van der Waals surface area contributed by atoms with Gasteiger partial charge in [0.15, 0.2) is 5.44 Å². The Labute approximate surface area is 194 Å². The zero-order chi connectivity index (χ0) is 22.1. The molecule has 0 N–H and O–H groups in total. The smallest absolute Gasteiger partial charge is 0.222 e. The van der Waals surface area contributed by atoms with Gasteiger partial charge in [-0.15, -0.1) is 0 Å². The molecule has 1 aliphatic carbocycles. The lowest BCUT2D eigenvalue weighted by molar-refractivity contribution is -0.130. The number of carbonyl (C=O) groups is 1. The summed E-state index contributed by atoms with van der Waals surface area (Å²) >= 11 is 1.84. The van der Waals surface area contributed by atoms with Gasteiger partial charge in [-0.2, -0.15) is 0 Å². The Bertz CT molecular complexity index is 670. The molecule has 174 valence electrons. The number of hydrogen-bond donors (Lipinski definition) is 0. The molecule has 0 saturated carbocycles. The van der Waals surface area contributed by atoms with Crippen LogP contribution in [0, 0.1) is 0 Å². The minimum Gasteiger partial charge on any atom is -0.483 e. The van der Waals surface area contributed by atoms with Crippen molar-refractivity contribution in [2.45, 2.75) is 102 Å². The zero-order valence-corrected chi connectivity index (χ0v) is 20.7. The number of unbranched alkanes of at least 4 members (excludes halogenated alkanes) is 1. The maximum Gasteiger partial charge on any atom is 0.222 e. The van der Waals surface area contributed by atoms with Crippen molar-refractivity contribution in [3.8, 4) is 0 Å². The first kappa shape index (κ1) is 24.4. The highest BCUT2D eigenvalue weighted by Crippen LogP contribution is 2.35. The van der Waals surface area contributed by atoms with Crippen molar-refractivity contribution >= 4 is 17.7 Å². The molecule has 1 saturated heterocycles. The quantitative estimate of drug-likeness (QED) is 0.351. The highest BCUT2D eigenvalue weighted by molar-refractivity contribution is 8.02. The van der Waals surface area contributed by atoms with Gasteiger partial charge < -0.3 is 9.64 Å². The Morgan fingerprint density at radius 1 is 1.19 bits per heavy atom. The second-order valence-corrected chi connectivity index (χ2v) is 10.6. The van der Waals surface area contributed by atoms with E-state index in [1.807, 2.05) is 11.8 Å². The summed E-state index contributed by atoms with van der Waals surface area (Å²) in [6.07, 6.45) is 17.5. The van der Waals surface area contributed by atoms with Gasteiger partial charge in [0.2, 0.25) is 5.91 Å². The van der Waals surface area contributed by atoms with Gasteiger partial charge in [-0.25, -0.2) is 0 Å². The van der Waals surface area contributed by atoms with Crippen molar-refractivity contribution in [3.63, 3.8) is 0 Å². The summed E-state index contributed by atoms with van der Waals surface area (Å²) in [6.45, 7) is 9.88. The molecule has 5 heteroatoms. The lowest BCUT2D eigenvalue weighted by atomic mass is 10.0. The Kier molecular flexibility index (Phi) is 10.0. The van der Waals surface area contributed by atoms with Gasteiger partial charge in [-0.3, -0.25) is 9.69 Å². The summed E-state index contributed by atoms with van der Waals surface area (Å²) in [5.41, 5.74) is 1.76. The SMILES string of the molecule is CC(C)N(CCCCN1CCCCCC1=O)C(C)CC1=CSC(CC2=CC=CCC2)O1. The Morgan fingerprint density at radius 3 is 2.84 bits per heavy atom. The third-order valence-electron chi connectivity index (χ3n) is 6.65. The van der Waals surface area contributed by atoms with Crippen LogP contribution in [0.3, 0.4) is 0 Å². The lowest BCUT2D eigenvalue weighted by Gasteiger charge is -2.33. The van der Waals surface area contributed by atoms with Crippen molar-refractivity contribution in [2.24, 2.45) is 0 Å². The number of allylic oxidation sites excluding steroid dienone is 3. The van der Waals surface area contributed by atoms with Crippen LogP contribution in [-0.4, -0.2) is 52.9 Å². The molecule has 0 aromatic heterocycles. The van der Waals surface area contributed by atoms with E-state index in [9.17, 15) is 4.79 Å². The molecular weight excluding hydrogens is 404 g/mol. The number of hydrogen-bond acceptors (Lipinski definition) is 4. The Balaban J connectivity index is 1.38. The normalized spacial score (nSPS) is 23.1. The molecule has 2 heterocycles. The average molecular weight is 447 g/mol. The van der Waals surface area contributed by atoms with Gasteiger partial charge in [-0.05, 0) is 65.8 Å². The van der Waals surface area contributed by atoms with Crippen LogP contribution in [0.15, 0.2) is 35.0 Å². The van der Waals surface area contributed by atoms with E-state index in [2.05, 4.69) is 54.2 Å². The minimum absolute atomic E-state index is 0.249. The summed E-state index contributed by atoms with van der Waals surface area (Å²) in [4.78, 5) is 16.9. The number of likely N-dealkylation sites (tertiary alicyclic amines) is 1. The lowest BCUT2D eigenvalue weighted by Crippen LogP contribution is -2.40. The van der Waals surface area contributed by atoms with Crippen molar-refractivity contribution in [1.82, 2.24) is 9.80 Å². The van der Waals surface area contributed by atoms with Crippen LogP contribution in [0.2, 0.25) is 0 Å². The first-order valence-corrected chi connectivity index (χ1v) is 13.4. The van der Waals surface area contributed by atoms with Gasteiger partial charge in [0.05, 0.1) is 0 Å². The van der Waals surface area contributed by atoms with Crippen LogP contribution in [0.1, 0.15) is 85.0 Å². The van der Waals surface area contributed by atoms with E-state index in [0.29, 0.717) is 18.0 Å². The number of nitrogens with zero attached hydrogens (tertiary/aromatic N) is 2. The largest absolute Gasteiger partial charge is 0.483 e. The van der Waals surface area contributed by atoms with Crippen molar-refractivity contribution < 1.29 is 9.53 Å². The molecule has 1 fully saturated rings. The number of carbonyl (C=O) groups excluding carboxylic acids is 1. The van der Waals surface area contributed by atoms with Crippen LogP contribution in [0.25, 0.3) is 0 Å². The molecule has 0 radical (unpaired) electrons. The average Bonchev–Trinajstić information content (AvgIpc) is 3.07. The standard InChI is InChI=1S/C26H42N2O2S/c1-21(2)28(17-11-10-16-27-15-9-5-8-14-25(27)29)22(3)18-24-20-31-26(30-24)19-23-12-6-4-7-13-23/h4,6,12,20-22,26H,5,7-11,13-19H2,1-3H3. The van der Waals surface area contributed by atoms with Gasteiger partial charge in [0.25, 0.3) is 0 Å². The first-order valence-electron chi connectivity index (χ1n) is 12.4. The van der Waals surface area contributed by atoms with E-state index in [-0.39, 0.29) is 5.44 Å². The summed E-state index contributed by atoms with van der Waals surface area (Å²) in [6, 6.07) is 0.974. The minimum atomic E-state index is 0.249. The van der Waals surface area contributed by atoms with Crippen LogP contribution >= 0.6 is 11.8 Å². The van der Waals surface area contributed by atoms with E-state index in [0.717, 1.165) is 70.3 Å². The zero-order valence-electron chi connectivity index (χ0n) is 19.9. The molecule has 2 atom stereocenters. The summed E-state index contributed by atoms with van der Waals surface area (Å²) in [5.74, 6) is 1.51. The van der Waals surface area contributed by atoms with Crippen molar-refractivity contribution in [1.29, 1.82) is 0 Å². The number of thioether (sulfide) groups is 1. The van der Waals surface area contributed by atoms with E-state index in [1.54, 1.807) is 0 Å². The number of amides is 1. The van der Waals surface area contributed by atoms with E-state index < -0.39 is 0 Å². The van der Waals surface area contributed by atoms with Gasteiger partial charge >= 0.3 is 0 Å². The summed E-state index contributed by atoms with van der Waals surface area (Å²) < 4.78 is 6.28. The second kappa shape index (κ2) is 12.7. The van der Waals surface area contributed by atoms with Gasteiger partial charge in [0, 0.05) is 49.8 Å². The van der Waals surface area contributed by atoms with E-state index in [1.165, 1.54) is 24.8 Å². The fourth-order valence-electron chi connectivity index (χ4n) is 4.87. The molecule has 2 unspecified atom stereocenters. The highest BCUT2D eigenvalue weighted by Gasteiger charge is 2.25. The molecule has 2 aliphatic heterocycles. The predicted molar refractivity (Wildman–Crippen MR) is 132 cm³/mol. The predicted octanol–water partition coefficient (Wildman–Crippen LogP) is 6.26. The monoisotopic (exact) mass is 446 g/mol. The molecule has 1 amide bonds. The van der Waals surface area contributed by atoms with E-state index in [4.69, 9.17) is 4.74 Å². The van der Waals surface area contributed by atoms with E-state index >= 15 is 0 Å². The third kappa shape index (κ3) is 8.02. The fraction of sp³-hybridized carbons (Fsp3) is 0.731. The second-order valence-electron chi connectivity index (χ2n) is 9.55. The summed E-state index contributed by atoms with van der Waals surface area (Å²) in [7, 11) is 0. The third-order valence-corrected chi connectivity index (χ3v) is 7.62. The van der Waals surface area contributed by atoms with Crippen LogP contribution < -0.4 is 0 Å². The Hall–Kier alpha value is -1.20. The highest BCUT2D eigenvalue weighted by atomic mass is 32.2. The molecule has 3 aliphatic rings.